The van der Waals surface area contributed by atoms with Gasteiger partial charge in [-0.3, -0.25) is 0 Å². The molecule has 1 aliphatic rings. The van der Waals surface area contributed by atoms with E-state index in [0.29, 0.717) is 10.9 Å². The summed E-state index contributed by atoms with van der Waals surface area (Å²) in [4.78, 5) is 23.3. The van der Waals surface area contributed by atoms with Crippen molar-refractivity contribution in [3.63, 3.8) is 0 Å². The van der Waals surface area contributed by atoms with E-state index in [1.54, 1.807) is 12.2 Å². The first-order valence-corrected chi connectivity index (χ1v) is 10.2. The van der Waals surface area contributed by atoms with Crippen molar-refractivity contribution in [2.75, 3.05) is 0 Å². The van der Waals surface area contributed by atoms with Gasteiger partial charge in [0.15, 0.2) is 0 Å². The number of carbonyl (C=O) groups excluding carboxylic acids is 2. The molecule has 0 spiro atoms. The van der Waals surface area contributed by atoms with Crippen LogP contribution in [0.4, 0.5) is 0 Å². The molecule has 1 unspecified atom stereocenters. The third-order valence-electron chi connectivity index (χ3n) is 4.32. The molecule has 128 valence electrons. The zero-order valence-corrected chi connectivity index (χ0v) is 15.2. The van der Waals surface area contributed by atoms with Crippen molar-refractivity contribution in [3.8, 4) is 0 Å². The number of rotatable bonds is 6. The van der Waals surface area contributed by atoms with Crippen LogP contribution in [-0.4, -0.2) is 11.9 Å². The summed E-state index contributed by atoms with van der Waals surface area (Å²) in [5.74, 6) is 3.85. The summed E-state index contributed by atoms with van der Waals surface area (Å²) in [7, 11) is -0.824. The Bertz CT molecular complexity index is 858. The summed E-state index contributed by atoms with van der Waals surface area (Å²) in [6.07, 6.45) is 8.88. The van der Waals surface area contributed by atoms with Crippen molar-refractivity contribution >= 4 is 19.8 Å². The first-order valence-electron chi connectivity index (χ1n) is 8.49. The quantitative estimate of drug-likeness (QED) is 0.533. The molecule has 0 aliphatic heterocycles. The van der Waals surface area contributed by atoms with Crippen molar-refractivity contribution in [2.24, 2.45) is 5.92 Å². The van der Waals surface area contributed by atoms with Crippen molar-refractivity contribution in [1.29, 1.82) is 0 Å². The monoisotopic (exact) mass is 358 g/mol. The average Bonchev–Trinajstić information content (AvgIpc) is 2.70. The first kappa shape index (κ1) is 18.1. The van der Waals surface area contributed by atoms with E-state index in [1.165, 1.54) is 11.1 Å². The number of hydrogen-bond donors (Lipinski definition) is 0. The highest BCUT2D eigenvalue weighted by Gasteiger charge is 2.26. The molecule has 0 bridgehead atoms. The molecule has 0 saturated carbocycles. The first-order chi connectivity index (χ1) is 12.8. The molecule has 0 radical (unpaired) electrons. The Kier molecular flexibility index (Phi) is 6.31. The van der Waals surface area contributed by atoms with Crippen LogP contribution in [0.5, 0.6) is 0 Å². The van der Waals surface area contributed by atoms with Gasteiger partial charge >= 0.3 is 0 Å². The van der Waals surface area contributed by atoms with E-state index in [1.807, 2.05) is 54.5 Å². The van der Waals surface area contributed by atoms with Gasteiger partial charge < -0.3 is 0 Å². The van der Waals surface area contributed by atoms with Crippen LogP contribution in [0.15, 0.2) is 95.9 Å². The second-order valence-electron chi connectivity index (χ2n) is 6.09. The largest absolute Gasteiger partial charge is 0.233 e. The third kappa shape index (κ3) is 4.45. The van der Waals surface area contributed by atoms with Crippen LogP contribution in [-0.2, 0) is 21.9 Å². The van der Waals surface area contributed by atoms with Gasteiger partial charge in [0.1, 0.15) is 11.9 Å². The molecule has 3 heteroatoms. The number of allylic oxidation sites excluding steroid dienone is 6. The highest BCUT2D eigenvalue weighted by atomic mass is 31.1. The van der Waals surface area contributed by atoms with Crippen LogP contribution in [0, 0.1) is 5.92 Å². The minimum absolute atomic E-state index is 0.325. The second-order valence-corrected chi connectivity index (χ2v) is 8.29. The summed E-state index contributed by atoms with van der Waals surface area (Å²) in [5.41, 5.74) is 2.88. The minimum Gasteiger partial charge on any atom is -0.233 e. The predicted octanol–water partition coefficient (Wildman–Crippen LogP) is 5.08. The van der Waals surface area contributed by atoms with Crippen LogP contribution < -0.4 is 0 Å². The van der Waals surface area contributed by atoms with E-state index in [9.17, 15) is 9.59 Å². The molecule has 0 heterocycles. The molecule has 0 N–H and O–H groups in total. The molecule has 0 aromatic heterocycles. The zero-order chi connectivity index (χ0) is 18.2. The van der Waals surface area contributed by atoms with E-state index in [-0.39, 0.29) is 5.92 Å². The Balaban J connectivity index is 1.95. The lowest BCUT2D eigenvalue weighted by Gasteiger charge is -2.24. The van der Waals surface area contributed by atoms with Crippen LogP contribution in [0.3, 0.4) is 0 Å². The Labute approximate surface area is 155 Å². The van der Waals surface area contributed by atoms with Crippen LogP contribution >= 0.6 is 7.92 Å². The molecule has 0 amide bonds. The van der Waals surface area contributed by atoms with Crippen LogP contribution in [0.2, 0.25) is 0 Å². The lowest BCUT2D eigenvalue weighted by molar-refractivity contribution is 0.564. The molecule has 2 nitrogen and oxygen atoms in total. The summed E-state index contributed by atoms with van der Waals surface area (Å²) >= 11 is 0. The van der Waals surface area contributed by atoms with Crippen molar-refractivity contribution in [1.82, 2.24) is 0 Å². The number of benzene rings is 2. The maximum absolute atomic E-state index is 11.9. The maximum atomic E-state index is 11.9. The molecule has 26 heavy (non-hydrogen) atoms. The van der Waals surface area contributed by atoms with Crippen molar-refractivity contribution in [2.45, 2.75) is 12.3 Å². The Morgan fingerprint density at radius 3 is 1.92 bits per heavy atom. The van der Waals surface area contributed by atoms with E-state index in [0.717, 1.165) is 12.3 Å². The smallest absolute Gasteiger partial charge is 0.129 e. The molecule has 0 fully saturated rings. The average molecular weight is 358 g/mol. The maximum Gasteiger partial charge on any atom is 0.129 e. The molecule has 0 saturated heterocycles. The van der Waals surface area contributed by atoms with Crippen molar-refractivity contribution in [3.05, 3.63) is 107 Å². The second kappa shape index (κ2) is 9.09. The van der Waals surface area contributed by atoms with Gasteiger partial charge in [0.05, 0.1) is 0 Å². The van der Waals surface area contributed by atoms with Gasteiger partial charge in [0.2, 0.25) is 0 Å². The predicted molar refractivity (Wildman–Crippen MR) is 107 cm³/mol. The van der Waals surface area contributed by atoms with Crippen molar-refractivity contribution < 1.29 is 9.59 Å². The topological polar surface area (TPSA) is 34.1 Å². The molecular formula is C23H19O2P. The summed E-state index contributed by atoms with van der Waals surface area (Å²) in [6.45, 7) is 0. The standard InChI is InChI=1S/C23H19O2P/c24-15-21-13-7-8-14-22(21)23(16-25)26(17-19-9-3-1-4-10-19)18-20-11-5-2-6-12-20/h1-14,22H,17-18H2. The summed E-state index contributed by atoms with van der Waals surface area (Å²) in [6, 6.07) is 20.3. The molecular weight excluding hydrogens is 339 g/mol. The Hall–Kier alpha value is -2.75. The zero-order valence-electron chi connectivity index (χ0n) is 14.3. The van der Waals surface area contributed by atoms with E-state index < -0.39 is 7.92 Å². The molecule has 2 aromatic carbocycles. The van der Waals surface area contributed by atoms with Gasteiger partial charge in [0.25, 0.3) is 0 Å². The fourth-order valence-corrected chi connectivity index (χ4v) is 5.54. The Morgan fingerprint density at radius 1 is 0.846 bits per heavy atom. The third-order valence-corrected chi connectivity index (χ3v) is 6.86. The fourth-order valence-electron chi connectivity index (χ4n) is 3.04. The summed E-state index contributed by atoms with van der Waals surface area (Å²) in [5, 5.41) is 0.673. The SMILES string of the molecule is O=C=C1C=CC=CC1C(=C=O)P(Cc1ccccc1)Cc1ccccc1. The molecule has 3 rings (SSSR count). The van der Waals surface area contributed by atoms with E-state index in [2.05, 4.69) is 30.2 Å². The summed E-state index contributed by atoms with van der Waals surface area (Å²) < 4.78 is 0. The normalized spacial score (nSPS) is 15.6. The van der Waals surface area contributed by atoms with Gasteiger partial charge in [0, 0.05) is 16.8 Å². The Morgan fingerprint density at radius 2 is 1.42 bits per heavy atom. The van der Waals surface area contributed by atoms with Gasteiger partial charge in [-0.2, -0.15) is 0 Å². The van der Waals surface area contributed by atoms with Gasteiger partial charge in [-0.05, 0) is 29.5 Å². The highest BCUT2D eigenvalue weighted by molar-refractivity contribution is 7.61. The number of hydrogen-bond acceptors (Lipinski definition) is 2. The van der Waals surface area contributed by atoms with Crippen LogP contribution in [0.25, 0.3) is 0 Å². The molecule has 2 aromatic rings. The lowest BCUT2D eigenvalue weighted by Crippen LogP contribution is -2.08. The minimum atomic E-state index is -0.824. The fraction of sp³-hybridized carbons (Fsp3) is 0.130. The molecule has 1 atom stereocenters. The van der Waals surface area contributed by atoms with E-state index in [4.69, 9.17) is 0 Å². The van der Waals surface area contributed by atoms with Gasteiger partial charge in [-0.15, -0.1) is 0 Å². The van der Waals surface area contributed by atoms with E-state index >= 15 is 0 Å². The van der Waals surface area contributed by atoms with Crippen LogP contribution in [0.1, 0.15) is 11.1 Å². The lowest BCUT2D eigenvalue weighted by atomic mass is 9.96. The van der Waals surface area contributed by atoms with Gasteiger partial charge in [-0.1, -0.05) is 86.8 Å². The van der Waals surface area contributed by atoms with Gasteiger partial charge in [-0.25, -0.2) is 9.59 Å². The highest BCUT2D eigenvalue weighted by Crippen LogP contribution is 2.54. The molecule has 1 aliphatic carbocycles.